The molecule has 98 valence electrons. The Morgan fingerprint density at radius 3 is 2.50 bits per heavy atom. The molecular weight excluding hydrogens is 258 g/mol. The average molecular weight is 267 g/mol. The van der Waals surface area contributed by atoms with Crippen molar-refractivity contribution in [2.75, 3.05) is 5.32 Å². The topological polar surface area (TPSA) is 92.2 Å². The van der Waals surface area contributed by atoms with Crippen LogP contribution in [0.15, 0.2) is 42.7 Å². The number of carboxylic acids is 1. The zero-order chi connectivity index (χ0) is 14.4. The van der Waals surface area contributed by atoms with Crippen LogP contribution in [0, 0.1) is 11.8 Å². The van der Waals surface area contributed by atoms with Crippen LogP contribution < -0.4 is 5.32 Å². The number of nitrogens with one attached hydrogen (secondary N) is 1. The maximum absolute atomic E-state index is 11.6. The van der Waals surface area contributed by atoms with E-state index in [-0.39, 0.29) is 11.5 Å². The predicted octanol–water partition coefficient (Wildman–Crippen LogP) is 1.16. The van der Waals surface area contributed by atoms with E-state index in [1.54, 1.807) is 24.3 Å². The van der Waals surface area contributed by atoms with Crippen molar-refractivity contribution in [1.82, 2.24) is 9.97 Å². The number of anilines is 1. The quantitative estimate of drug-likeness (QED) is 0.797. The molecule has 0 unspecified atom stereocenters. The Hall–Kier alpha value is -3.20. The van der Waals surface area contributed by atoms with Crippen LogP contribution in [0.5, 0.6) is 0 Å². The summed E-state index contributed by atoms with van der Waals surface area (Å²) in [5, 5.41) is 11.2. The van der Waals surface area contributed by atoms with Gasteiger partial charge < -0.3 is 5.11 Å². The third-order valence-electron chi connectivity index (χ3n) is 2.23. The minimum Gasteiger partial charge on any atom is -0.476 e. The Labute approximate surface area is 114 Å². The van der Waals surface area contributed by atoms with E-state index >= 15 is 0 Å². The molecule has 0 saturated heterocycles. The van der Waals surface area contributed by atoms with E-state index in [0.29, 0.717) is 5.56 Å². The number of carbonyl (C=O) groups is 2. The van der Waals surface area contributed by atoms with E-state index in [9.17, 15) is 9.59 Å². The summed E-state index contributed by atoms with van der Waals surface area (Å²) in [6.45, 7) is 0. The van der Waals surface area contributed by atoms with E-state index in [0.717, 1.165) is 0 Å². The van der Waals surface area contributed by atoms with Crippen LogP contribution in [-0.4, -0.2) is 27.0 Å². The van der Waals surface area contributed by atoms with Crippen molar-refractivity contribution in [3.05, 3.63) is 54.0 Å². The van der Waals surface area contributed by atoms with E-state index in [1.807, 2.05) is 6.07 Å². The van der Waals surface area contributed by atoms with Crippen LogP contribution in [-0.2, 0) is 4.79 Å². The molecule has 0 atom stereocenters. The minimum absolute atomic E-state index is 0.132. The summed E-state index contributed by atoms with van der Waals surface area (Å²) < 4.78 is 0. The fourth-order valence-corrected chi connectivity index (χ4v) is 1.38. The van der Waals surface area contributed by atoms with Gasteiger partial charge in [0.25, 0.3) is 0 Å². The van der Waals surface area contributed by atoms with E-state index < -0.39 is 11.9 Å². The van der Waals surface area contributed by atoms with Crippen LogP contribution in [0.1, 0.15) is 16.1 Å². The molecule has 0 bridgehead atoms. The van der Waals surface area contributed by atoms with Gasteiger partial charge in [-0.05, 0) is 12.1 Å². The van der Waals surface area contributed by atoms with Crippen LogP contribution in [0.4, 0.5) is 5.82 Å². The van der Waals surface area contributed by atoms with Gasteiger partial charge in [0.05, 0.1) is 0 Å². The molecule has 0 saturated carbocycles. The fraction of sp³-hybridized carbons (Fsp3) is 0. The zero-order valence-corrected chi connectivity index (χ0v) is 10.2. The van der Waals surface area contributed by atoms with Gasteiger partial charge in [-0.15, -0.1) is 0 Å². The Bertz CT molecular complexity index is 702. The summed E-state index contributed by atoms with van der Waals surface area (Å²) in [7, 11) is 0. The Morgan fingerprint density at radius 1 is 1.10 bits per heavy atom. The van der Waals surface area contributed by atoms with Gasteiger partial charge in [-0.25, -0.2) is 14.8 Å². The van der Waals surface area contributed by atoms with Crippen molar-refractivity contribution in [2.24, 2.45) is 0 Å². The van der Waals surface area contributed by atoms with Crippen molar-refractivity contribution in [3.8, 4) is 11.8 Å². The third kappa shape index (κ3) is 3.40. The Morgan fingerprint density at radius 2 is 1.80 bits per heavy atom. The molecule has 6 heteroatoms. The van der Waals surface area contributed by atoms with E-state index in [4.69, 9.17) is 5.11 Å². The lowest BCUT2D eigenvalue weighted by molar-refractivity contribution is -0.111. The van der Waals surface area contributed by atoms with Gasteiger partial charge in [-0.3, -0.25) is 10.1 Å². The summed E-state index contributed by atoms with van der Waals surface area (Å²) in [5.41, 5.74) is 0.350. The predicted molar refractivity (Wildman–Crippen MR) is 70.9 cm³/mol. The largest absolute Gasteiger partial charge is 0.476 e. The monoisotopic (exact) mass is 267 g/mol. The first-order valence-electron chi connectivity index (χ1n) is 5.59. The number of rotatable bonds is 2. The molecule has 2 rings (SSSR count). The Balaban J connectivity index is 2.14. The zero-order valence-electron chi connectivity index (χ0n) is 10.2. The lowest BCUT2D eigenvalue weighted by Crippen LogP contribution is -2.15. The first-order valence-corrected chi connectivity index (χ1v) is 5.59. The lowest BCUT2D eigenvalue weighted by atomic mass is 10.2. The highest BCUT2D eigenvalue weighted by atomic mass is 16.4. The van der Waals surface area contributed by atoms with Crippen LogP contribution >= 0.6 is 0 Å². The second-order valence-corrected chi connectivity index (χ2v) is 3.63. The van der Waals surface area contributed by atoms with E-state index in [2.05, 4.69) is 27.1 Å². The van der Waals surface area contributed by atoms with Gasteiger partial charge in [-0.1, -0.05) is 24.1 Å². The van der Waals surface area contributed by atoms with Crippen molar-refractivity contribution in [2.45, 2.75) is 0 Å². The molecule has 0 aliphatic rings. The number of nitrogens with zero attached hydrogens (tertiary/aromatic N) is 2. The maximum atomic E-state index is 11.6. The smallest absolute Gasteiger partial charge is 0.358 e. The maximum Gasteiger partial charge on any atom is 0.358 e. The summed E-state index contributed by atoms with van der Waals surface area (Å²) >= 11 is 0. The van der Waals surface area contributed by atoms with Gasteiger partial charge in [0.1, 0.15) is 0 Å². The first-order chi connectivity index (χ1) is 9.66. The molecule has 0 spiro atoms. The van der Waals surface area contributed by atoms with Crippen molar-refractivity contribution in [3.63, 3.8) is 0 Å². The van der Waals surface area contributed by atoms with Crippen LogP contribution in [0.25, 0.3) is 0 Å². The molecule has 6 nitrogen and oxygen atoms in total. The van der Waals surface area contributed by atoms with Crippen molar-refractivity contribution in [1.29, 1.82) is 0 Å². The molecule has 20 heavy (non-hydrogen) atoms. The highest BCUT2D eigenvalue weighted by Crippen LogP contribution is 2.07. The number of benzene rings is 1. The molecule has 0 radical (unpaired) electrons. The fourth-order valence-electron chi connectivity index (χ4n) is 1.38. The van der Waals surface area contributed by atoms with Gasteiger partial charge in [0, 0.05) is 23.9 Å². The number of hydrogen-bond acceptors (Lipinski definition) is 4. The molecule has 1 aromatic carbocycles. The molecule has 0 fully saturated rings. The molecule has 1 aromatic heterocycles. The normalized spacial score (nSPS) is 9.20. The molecule has 0 aliphatic carbocycles. The number of hydrogen-bond donors (Lipinski definition) is 2. The molecule has 2 aromatic rings. The minimum atomic E-state index is -1.27. The number of aromatic nitrogens is 2. The number of carboxylic acid groups (broad SMARTS) is 1. The lowest BCUT2D eigenvalue weighted by Gasteiger charge is -2.02. The van der Waals surface area contributed by atoms with Gasteiger partial charge in [0.15, 0.2) is 11.5 Å². The van der Waals surface area contributed by atoms with E-state index in [1.165, 1.54) is 12.4 Å². The highest BCUT2D eigenvalue weighted by Gasteiger charge is 2.13. The second-order valence-electron chi connectivity index (χ2n) is 3.63. The molecule has 1 amide bonds. The van der Waals surface area contributed by atoms with Crippen LogP contribution in [0.2, 0.25) is 0 Å². The summed E-state index contributed by atoms with van der Waals surface area (Å²) in [6.07, 6.45) is 2.52. The molecule has 2 N–H and O–H groups in total. The first kappa shape index (κ1) is 13.2. The van der Waals surface area contributed by atoms with Crippen molar-refractivity contribution < 1.29 is 14.7 Å². The average Bonchev–Trinajstić information content (AvgIpc) is 2.46. The standard InChI is InChI=1S/C14H9N3O3/c18-11(7-6-10-4-2-1-3-5-10)17-13-12(14(19)20)15-8-9-16-13/h1-5,8-9H,(H,19,20)(H,16,17,18). The highest BCUT2D eigenvalue weighted by molar-refractivity contribution is 6.06. The second kappa shape index (κ2) is 6.11. The molecule has 1 heterocycles. The van der Waals surface area contributed by atoms with Gasteiger partial charge in [0.2, 0.25) is 0 Å². The van der Waals surface area contributed by atoms with Gasteiger partial charge in [-0.2, -0.15) is 0 Å². The van der Waals surface area contributed by atoms with Gasteiger partial charge >= 0.3 is 11.9 Å². The third-order valence-corrected chi connectivity index (χ3v) is 2.23. The summed E-state index contributed by atoms with van der Waals surface area (Å²) in [5.74, 6) is 2.95. The number of amides is 1. The SMILES string of the molecule is O=C(C#Cc1ccccc1)Nc1nccnc1C(=O)O. The molecular formula is C14H9N3O3. The summed E-state index contributed by atoms with van der Waals surface area (Å²) in [6, 6.07) is 8.95. The number of carbonyl (C=O) groups excluding carboxylic acids is 1. The Kier molecular flexibility index (Phi) is 4.04. The van der Waals surface area contributed by atoms with Crippen molar-refractivity contribution >= 4 is 17.7 Å². The molecule has 0 aliphatic heterocycles. The summed E-state index contributed by atoms with van der Waals surface area (Å²) in [4.78, 5) is 29.9. The van der Waals surface area contributed by atoms with Crippen LogP contribution in [0.3, 0.4) is 0 Å². The number of aromatic carboxylic acids is 1.